The Balaban J connectivity index is 4.55. The van der Waals surface area contributed by atoms with E-state index in [0.29, 0.717) is 18.4 Å². The first kappa shape index (κ1) is 16.9. The molecule has 2 amide bonds. The highest BCUT2D eigenvalue weighted by Gasteiger charge is 2.11. The Hall–Kier alpha value is -2.10. The molecular formula is C15H22N2O2. The molecule has 4 nitrogen and oxygen atoms in total. The highest BCUT2D eigenvalue weighted by atomic mass is 16.1. The number of hydrogen-bond acceptors (Lipinski definition) is 2. The van der Waals surface area contributed by atoms with Crippen molar-refractivity contribution in [3.63, 3.8) is 0 Å². The van der Waals surface area contributed by atoms with Gasteiger partial charge in [0.05, 0.1) is 0 Å². The molecule has 104 valence electrons. The first-order chi connectivity index (χ1) is 9.08. The van der Waals surface area contributed by atoms with E-state index in [9.17, 15) is 9.59 Å². The zero-order valence-electron chi connectivity index (χ0n) is 11.6. The molecule has 0 aromatic rings. The molecule has 0 aromatic heterocycles. The predicted octanol–water partition coefficient (Wildman–Crippen LogP) is 2.22. The molecule has 0 fully saturated rings. The van der Waals surface area contributed by atoms with Crippen molar-refractivity contribution >= 4 is 12.3 Å². The van der Waals surface area contributed by atoms with Crippen LogP contribution in [0, 0.1) is 0 Å². The minimum atomic E-state index is -0.204. The molecular weight excluding hydrogens is 240 g/mol. The van der Waals surface area contributed by atoms with Gasteiger partial charge in [-0.05, 0) is 13.3 Å². The molecule has 0 aliphatic carbocycles. The second kappa shape index (κ2) is 9.88. The molecule has 0 aliphatic heterocycles. The minimum absolute atomic E-state index is 0.0917. The van der Waals surface area contributed by atoms with Gasteiger partial charge in [-0.25, -0.2) is 0 Å². The van der Waals surface area contributed by atoms with Crippen LogP contribution >= 0.6 is 0 Å². The van der Waals surface area contributed by atoms with E-state index < -0.39 is 0 Å². The van der Waals surface area contributed by atoms with Crippen LogP contribution in [0.2, 0.25) is 0 Å². The smallest absolute Gasteiger partial charge is 0.251 e. The summed E-state index contributed by atoms with van der Waals surface area (Å²) < 4.78 is 0. The Labute approximate surface area is 115 Å². The summed E-state index contributed by atoms with van der Waals surface area (Å²) in [4.78, 5) is 22.3. The maximum Gasteiger partial charge on any atom is 0.251 e. The molecule has 1 unspecified atom stereocenters. The number of amides is 2. The summed E-state index contributed by atoms with van der Waals surface area (Å²) >= 11 is 0. The molecule has 2 N–H and O–H groups in total. The molecule has 19 heavy (non-hydrogen) atoms. The largest absolute Gasteiger partial charge is 0.349 e. The van der Waals surface area contributed by atoms with Crippen LogP contribution in [0.4, 0.5) is 0 Å². The van der Waals surface area contributed by atoms with E-state index in [4.69, 9.17) is 0 Å². The van der Waals surface area contributed by atoms with Crippen molar-refractivity contribution in [3.05, 3.63) is 48.7 Å². The van der Waals surface area contributed by atoms with Crippen molar-refractivity contribution in [2.75, 3.05) is 0 Å². The molecule has 1 atom stereocenters. The Morgan fingerprint density at radius 2 is 2.05 bits per heavy atom. The van der Waals surface area contributed by atoms with Crippen LogP contribution in [0.25, 0.3) is 0 Å². The van der Waals surface area contributed by atoms with Gasteiger partial charge in [-0.2, -0.15) is 0 Å². The fraction of sp³-hybridized carbons (Fsp3) is 0.333. The van der Waals surface area contributed by atoms with E-state index in [1.165, 1.54) is 12.2 Å². The molecule has 4 heteroatoms. The average molecular weight is 262 g/mol. The zero-order valence-corrected chi connectivity index (χ0v) is 11.6. The van der Waals surface area contributed by atoms with E-state index in [0.717, 1.165) is 12.1 Å². The Morgan fingerprint density at radius 3 is 2.53 bits per heavy atom. The lowest BCUT2D eigenvalue weighted by Gasteiger charge is -2.16. The molecule has 0 bridgehead atoms. The van der Waals surface area contributed by atoms with Gasteiger partial charge in [0.15, 0.2) is 0 Å². The topological polar surface area (TPSA) is 58.2 Å². The number of allylic oxidation sites excluding steroid dienone is 3. The quantitative estimate of drug-likeness (QED) is 0.380. The summed E-state index contributed by atoms with van der Waals surface area (Å²) in [6, 6.07) is -0.0917. The lowest BCUT2D eigenvalue weighted by Crippen LogP contribution is -2.34. The van der Waals surface area contributed by atoms with Crippen molar-refractivity contribution < 1.29 is 9.59 Å². The van der Waals surface area contributed by atoms with Gasteiger partial charge >= 0.3 is 0 Å². The molecule has 0 heterocycles. The third kappa shape index (κ3) is 7.03. The summed E-state index contributed by atoms with van der Waals surface area (Å²) in [6.07, 6.45) is 8.57. The van der Waals surface area contributed by atoms with Gasteiger partial charge in [0, 0.05) is 23.7 Å². The number of carbonyl (C=O) groups excluding carboxylic acids is 2. The van der Waals surface area contributed by atoms with Crippen LogP contribution in [0.15, 0.2) is 48.7 Å². The molecule has 0 saturated heterocycles. The first-order valence-electron chi connectivity index (χ1n) is 6.24. The molecule has 0 radical (unpaired) electrons. The van der Waals surface area contributed by atoms with E-state index in [1.54, 1.807) is 6.08 Å². The lowest BCUT2D eigenvalue weighted by atomic mass is 10.1. The summed E-state index contributed by atoms with van der Waals surface area (Å²) in [7, 11) is 0. The van der Waals surface area contributed by atoms with E-state index in [-0.39, 0.29) is 11.9 Å². The van der Waals surface area contributed by atoms with Crippen molar-refractivity contribution in [3.8, 4) is 0 Å². The van der Waals surface area contributed by atoms with Crippen LogP contribution < -0.4 is 10.6 Å². The fourth-order valence-electron chi connectivity index (χ4n) is 1.57. The summed E-state index contributed by atoms with van der Waals surface area (Å²) in [5, 5.41) is 5.47. The van der Waals surface area contributed by atoms with E-state index in [1.807, 2.05) is 19.9 Å². The number of carbonyl (C=O) groups is 2. The zero-order chi connectivity index (χ0) is 14.7. The minimum Gasteiger partial charge on any atom is -0.349 e. The van der Waals surface area contributed by atoms with Gasteiger partial charge in [0.25, 0.3) is 5.91 Å². The van der Waals surface area contributed by atoms with Crippen molar-refractivity contribution in [1.82, 2.24) is 10.6 Å². The van der Waals surface area contributed by atoms with Gasteiger partial charge < -0.3 is 10.6 Å². The van der Waals surface area contributed by atoms with Gasteiger partial charge in [0.2, 0.25) is 6.41 Å². The number of rotatable bonds is 9. The Kier molecular flexibility index (Phi) is 8.79. The van der Waals surface area contributed by atoms with Gasteiger partial charge in [-0.1, -0.05) is 44.4 Å². The highest BCUT2D eigenvalue weighted by molar-refractivity contribution is 5.96. The monoisotopic (exact) mass is 262 g/mol. The normalized spacial score (nSPS) is 13.4. The molecule has 0 aliphatic rings. The number of hydrogen-bond donors (Lipinski definition) is 2. The fourth-order valence-corrected chi connectivity index (χ4v) is 1.57. The van der Waals surface area contributed by atoms with Crippen LogP contribution in [-0.4, -0.2) is 18.4 Å². The second-order valence-electron chi connectivity index (χ2n) is 4.04. The van der Waals surface area contributed by atoms with Crippen molar-refractivity contribution in [1.29, 1.82) is 0 Å². The molecule has 0 rings (SSSR count). The van der Waals surface area contributed by atoms with Gasteiger partial charge in [-0.15, -0.1) is 0 Å². The van der Waals surface area contributed by atoms with E-state index in [2.05, 4.69) is 23.8 Å². The molecule has 0 saturated carbocycles. The van der Waals surface area contributed by atoms with Crippen LogP contribution in [-0.2, 0) is 9.59 Å². The van der Waals surface area contributed by atoms with Crippen LogP contribution in [0.5, 0.6) is 0 Å². The second-order valence-corrected chi connectivity index (χ2v) is 4.04. The maximum atomic E-state index is 11.9. The Morgan fingerprint density at radius 1 is 1.37 bits per heavy atom. The summed E-state index contributed by atoms with van der Waals surface area (Å²) in [5.41, 5.74) is 1.27. The third-order valence-corrected chi connectivity index (χ3v) is 2.38. The van der Waals surface area contributed by atoms with Crippen LogP contribution in [0.3, 0.4) is 0 Å². The van der Waals surface area contributed by atoms with Crippen LogP contribution in [0.1, 0.15) is 26.7 Å². The van der Waals surface area contributed by atoms with Gasteiger partial charge in [-0.3, -0.25) is 9.59 Å². The van der Waals surface area contributed by atoms with Crippen molar-refractivity contribution in [2.45, 2.75) is 32.7 Å². The maximum absolute atomic E-state index is 11.9. The summed E-state index contributed by atoms with van der Waals surface area (Å²) in [6.45, 7) is 11.0. The SMILES string of the molecule is C=C/C=C(\C=C)C(=O)NC(C)C/C(=C\CC)NC=O. The Bertz CT molecular complexity index is 395. The molecule has 0 aromatic carbocycles. The van der Waals surface area contributed by atoms with E-state index >= 15 is 0 Å². The third-order valence-electron chi connectivity index (χ3n) is 2.38. The molecule has 0 spiro atoms. The standard InChI is InChI=1S/C15H22N2O2/c1-5-8-13(7-3)15(19)17-12(4)10-14(9-6-2)16-11-18/h5,7-9,11-12H,1,3,6,10H2,2,4H3,(H,16,18)(H,17,19)/b13-8+,14-9+. The average Bonchev–Trinajstić information content (AvgIpc) is 2.36. The lowest BCUT2D eigenvalue weighted by molar-refractivity contribution is -0.117. The summed E-state index contributed by atoms with van der Waals surface area (Å²) in [5.74, 6) is -0.204. The number of nitrogens with one attached hydrogen (secondary N) is 2. The highest BCUT2D eigenvalue weighted by Crippen LogP contribution is 2.05. The van der Waals surface area contributed by atoms with Crippen molar-refractivity contribution in [2.24, 2.45) is 0 Å². The predicted molar refractivity (Wildman–Crippen MR) is 78.3 cm³/mol. The van der Waals surface area contributed by atoms with Gasteiger partial charge in [0.1, 0.15) is 0 Å². The first-order valence-corrected chi connectivity index (χ1v) is 6.24.